The number of aryl methyl sites for hydroxylation is 3. The van der Waals surface area contributed by atoms with Gasteiger partial charge in [-0.25, -0.2) is 0 Å². The number of aromatic nitrogens is 1. The van der Waals surface area contributed by atoms with E-state index in [-0.39, 0.29) is 24.5 Å². The zero-order chi connectivity index (χ0) is 20.3. The summed E-state index contributed by atoms with van der Waals surface area (Å²) in [6, 6.07) is 5.73. The Bertz CT molecular complexity index is 867. The molecular formula is C21H27N3O4. The molecule has 0 spiro atoms. The number of rotatable bonds is 5. The van der Waals surface area contributed by atoms with Crippen LogP contribution < -0.4 is 10.1 Å². The highest BCUT2D eigenvalue weighted by Gasteiger charge is 2.26. The fourth-order valence-electron chi connectivity index (χ4n) is 3.41. The first-order chi connectivity index (χ1) is 13.3. The van der Waals surface area contributed by atoms with Crippen LogP contribution in [0, 0.1) is 27.7 Å². The Balaban J connectivity index is 1.46. The van der Waals surface area contributed by atoms with Crippen LogP contribution in [-0.2, 0) is 4.79 Å². The van der Waals surface area contributed by atoms with Crippen molar-refractivity contribution in [3.63, 3.8) is 0 Å². The highest BCUT2D eigenvalue weighted by atomic mass is 16.5. The van der Waals surface area contributed by atoms with Crippen molar-refractivity contribution in [3.8, 4) is 5.75 Å². The SMILES string of the molecule is Cc1cc(C(=O)N2CCC(NC(=O)COc3c(C)ccc(C)c3C)CC2)no1. The van der Waals surface area contributed by atoms with E-state index in [4.69, 9.17) is 9.26 Å². The van der Waals surface area contributed by atoms with Gasteiger partial charge in [0.25, 0.3) is 11.8 Å². The van der Waals surface area contributed by atoms with Crippen LogP contribution in [0.25, 0.3) is 0 Å². The molecule has 3 rings (SSSR count). The van der Waals surface area contributed by atoms with E-state index in [1.165, 1.54) is 0 Å². The van der Waals surface area contributed by atoms with Gasteiger partial charge in [-0.2, -0.15) is 0 Å². The molecule has 7 nitrogen and oxygen atoms in total. The molecule has 1 saturated heterocycles. The lowest BCUT2D eigenvalue weighted by atomic mass is 10.0. The predicted molar refractivity (Wildman–Crippen MR) is 104 cm³/mol. The van der Waals surface area contributed by atoms with Crippen molar-refractivity contribution in [2.45, 2.75) is 46.6 Å². The van der Waals surface area contributed by atoms with Gasteiger partial charge in [0.2, 0.25) is 0 Å². The standard InChI is InChI=1S/C21H27N3O4/c1-13-5-6-14(2)20(16(13)4)27-12-19(25)22-17-7-9-24(10-8-17)21(26)18-11-15(3)28-23-18/h5-6,11,17H,7-10,12H2,1-4H3,(H,22,25). The normalized spacial score (nSPS) is 14.8. The summed E-state index contributed by atoms with van der Waals surface area (Å²) in [5, 5.41) is 6.79. The Morgan fingerprint density at radius 1 is 1.18 bits per heavy atom. The largest absolute Gasteiger partial charge is 0.483 e. The Kier molecular flexibility index (Phi) is 6.02. The third-order valence-electron chi connectivity index (χ3n) is 5.22. The van der Waals surface area contributed by atoms with Crippen molar-refractivity contribution in [1.29, 1.82) is 0 Å². The summed E-state index contributed by atoms with van der Waals surface area (Å²) in [5.74, 6) is 1.12. The van der Waals surface area contributed by atoms with Crippen LogP contribution in [0.4, 0.5) is 0 Å². The fourth-order valence-corrected chi connectivity index (χ4v) is 3.41. The molecule has 2 amide bonds. The third-order valence-corrected chi connectivity index (χ3v) is 5.22. The highest BCUT2D eigenvalue weighted by molar-refractivity contribution is 5.92. The Hall–Kier alpha value is -2.83. The van der Waals surface area contributed by atoms with Gasteiger partial charge in [-0.3, -0.25) is 9.59 Å². The zero-order valence-electron chi connectivity index (χ0n) is 16.9. The van der Waals surface area contributed by atoms with Crippen LogP contribution in [0.2, 0.25) is 0 Å². The van der Waals surface area contributed by atoms with Crippen LogP contribution in [0.5, 0.6) is 5.75 Å². The second kappa shape index (κ2) is 8.46. The molecule has 7 heteroatoms. The topological polar surface area (TPSA) is 84.7 Å². The molecule has 1 fully saturated rings. The van der Waals surface area contributed by atoms with Gasteiger partial charge in [-0.05, 0) is 57.2 Å². The molecule has 1 N–H and O–H groups in total. The van der Waals surface area contributed by atoms with E-state index in [1.807, 2.05) is 32.9 Å². The van der Waals surface area contributed by atoms with Crippen molar-refractivity contribution in [2.75, 3.05) is 19.7 Å². The lowest BCUT2D eigenvalue weighted by molar-refractivity contribution is -0.124. The molecule has 0 aliphatic carbocycles. The molecule has 1 aliphatic heterocycles. The smallest absolute Gasteiger partial charge is 0.276 e. The van der Waals surface area contributed by atoms with Crippen molar-refractivity contribution in [1.82, 2.24) is 15.4 Å². The molecule has 1 aliphatic rings. The van der Waals surface area contributed by atoms with E-state index in [9.17, 15) is 9.59 Å². The lowest BCUT2D eigenvalue weighted by Gasteiger charge is -2.31. The molecule has 0 atom stereocenters. The van der Waals surface area contributed by atoms with E-state index in [0.717, 1.165) is 22.4 Å². The number of ether oxygens (including phenoxy) is 1. The fraction of sp³-hybridized carbons (Fsp3) is 0.476. The Morgan fingerprint density at radius 3 is 2.50 bits per heavy atom. The first-order valence-electron chi connectivity index (χ1n) is 9.56. The van der Waals surface area contributed by atoms with Gasteiger partial charge in [0.05, 0.1) is 0 Å². The number of carbonyl (C=O) groups is 2. The molecule has 0 unspecified atom stereocenters. The van der Waals surface area contributed by atoms with Gasteiger partial charge in [0.15, 0.2) is 12.3 Å². The van der Waals surface area contributed by atoms with Crippen LogP contribution in [0.3, 0.4) is 0 Å². The average molecular weight is 385 g/mol. The van der Waals surface area contributed by atoms with Crippen LogP contribution in [0.1, 0.15) is 45.8 Å². The summed E-state index contributed by atoms with van der Waals surface area (Å²) in [5.41, 5.74) is 3.55. The number of amides is 2. The van der Waals surface area contributed by atoms with E-state index < -0.39 is 0 Å². The summed E-state index contributed by atoms with van der Waals surface area (Å²) < 4.78 is 10.7. The van der Waals surface area contributed by atoms with E-state index in [0.29, 0.717) is 37.4 Å². The van der Waals surface area contributed by atoms with Crippen molar-refractivity contribution < 1.29 is 18.8 Å². The Labute approximate surface area is 165 Å². The molecule has 1 aromatic heterocycles. The number of benzene rings is 1. The maximum Gasteiger partial charge on any atom is 0.276 e. The number of likely N-dealkylation sites (tertiary alicyclic amines) is 1. The highest BCUT2D eigenvalue weighted by Crippen LogP contribution is 2.25. The van der Waals surface area contributed by atoms with Gasteiger partial charge in [0.1, 0.15) is 11.5 Å². The zero-order valence-corrected chi connectivity index (χ0v) is 16.9. The van der Waals surface area contributed by atoms with Gasteiger partial charge in [-0.1, -0.05) is 17.3 Å². The van der Waals surface area contributed by atoms with Gasteiger partial charge >= 0.3 is 0 Å². The number of carbonyl (C=O) groups excluding carboxylic acids is 2. The van der Waals surface area contributed by atoms with Crippen LogP contribution >= 0.6 is 0 Å². The van der Waals surface area contributed by atoms with E-state index in [2.05, 4.69) is 10.5 Å². The van der Waals surface area contributed by atoms with E-state index >= 15 is 0 Å². The maximum atomic E-state index is 12.4. The summed E-state index contributed by atoms with van der Waals surface area (Å²) in [6.45, 7) is 8.90. The van der Waals surface area contributed by atoms with Crippen LogP contribution in [-0.4, -0.2) is 47.6 Å². The van der Waals surface area contributed by atoms with Crippen molar-refractivity contribution >= 4 is 11.8 Å². The molecule has 0 radical (unpaired) electrons. The average Bonchev–Trinajstić information content (AvgIpc) is 3.11. The number of hydrogen-bond donors (Lipinski definition) is 1. The summed E-state index contributed by atoms with van der Waals surface area (Å²) in [7, 11) is 0. The van der Waals surface area contributed by atoms with Crippen molar-refractivity contribution in [3.05, 3.63) is 46.3 Å². The molecular weight excluding hydrogens is 358 g/mol. The number of nitrogens with one attached hydrogen (secondary N) is 1. The third kappa shape index (κ3) is 4.52. The van der Waals surface area contributed by atoms with Gasteiger partial charge in [-0.15, -0.1) is 0 Å². The van der Waals surface area contributed by atoms with Gasteiger partial charge in [0, 0.05) is 25.2 Å². The molecule has 1 aromatic carbocycles. The minimum atomic E-state index is -0.141. The summed E-state index contributed by atoms with van der Waals surface area (Å²) >= 11 is 0. The maximum absolute atomic E-state index is 12.4. The number of piperidine rings is 1. The van der Waals surface area contributed by atoms with Crippen molar-refractivity contribution in [2.24, 2.45) is 0 Å². The monoisotopic (exact) mass is 385 g/mol. The van der Waals surface area contributed by atoms with Crippen LogP contribution in [0.15, 0.2) is 22.7 Å². The Morgan fingerprint density at radius 2 is 1.86 bits per heavy atom. The second-order valence-electron chi connectivity index (χ2n) is 7.40. The second-order valence-corrected chi connectivity index (χ2v) is 7.40. The van der Waals surface area contributed by atoms with Gasteiger partial charge < -0.3 is 19.5 Å². The molecule has 2 heterocycles. The predicted octanol–water partition coefficient (Wildman–Crippen LogP) is 2.71. The molecule has 150 valence electrons. The summed E-state index contributed by atoms with van der Waals surface area (Å²) in [4.78, 5) is 26.4. The minimum Gasteiger partial charge on any atom is -0.483 e. The molecule has 2 aromatic rings. The molecule has 28 heavy (non-hydrogen) atoms. The summed E-state index contributed by atoms with van der Waals surface area (Å²) in [6.07, 6.45) is 1.41. The first kappa shape index (κ1) is 19.9. The molecule has 0 bridgehead atoms. The minimum absolute atomic E-state index is 0.0114. The lowest BCUT2D eigenvalue weighted by Crippen LogP contribution is -2.47. The number of hydrogen-bond acceptors (Lipinski definition) is 5. The first-order valence-corrected chi connectivity index (χ1v) is 9.56. The number of nitrogens with zero attached hydrogens (tertiary/aromatic N) is 2. The van der Waals surface area contributed by atoms with E-state index in [1.54, 1.807) is 17.9 Å². The molecule has 0 saturated carbocycles. The quantitative estimate of drug-likeness (QED) is 0.855.